The Morgan fingerprint density at radius 2 is 1.78 bits per heavy atom. The van der Waals surface area contributed by atoms with Crippen LogP contribution in [-0.4, -0.2) is 20.7 Å². The van der Waals surface area contributed by atoms with E-state index in [1.807, 2.05) is 26.0 Å². The molecule has 0 radical (unpaired) electrons. The first-order valence-corrected chi connectivity index (χ1v) is 9.49. The molecule has 1 N–H and O–H groups in total. The van der Waals surface area contributed by atoms with Crippen LogP contribution in [0.15, 0.2) is 58.5 Å². The Bertz CT molecular complexity index is 1030. The van der Waals surface area contributed by atoms with E-state index in [9.17, 15) is 14.0 Å². The van der Waals surface area contributed by atoms with E-state index in [2.05, 4.69) is 10.3 Å². The first kappa shape index (κ1) is 19.1. The number of thioether (sulfide) groups is 1. The van der Waals surface area contributed by atoms with Crippen LogP contribution in [0.4, 0.5) is 10.1 Å². The first-order valence-electron chi connectivity index (χ1n) is 8.61. The summed E-state index contributed by atoms with van der Waals surface area (Å²) >= 11 is 1.22. The minimum Gasteiger partial charge on any atom is -0.325 e. The fraction of sp³-hybridized carbons (Fsp3) is 0.250. The van der Waals surface area contributed by atoms with Crippen LogP contribution in [0.1, 0.15) is 26.8 Å². The van der Waals surface area contributed by atoms with Gasteiger partial charge in [0.1, 0.15) is 5.82 Å². The summed E-state index contributed by atoms with van der Waals surface area (Å²) in [7, 11) is 0. The van der Waals surface area contributed by atoms with Gasteiger partial charge in [-0.25, -0.2) is 9.37 Å². The molecule has 0 aliphatic carbocycles. The van der Waals surface area contributed by atoms with Crippen LogP contribution in [0.5, 0.6) is 0 Å². The number of rotatable bonds is 5. The molecule has 0 bridgehead atoms. The number of hydrogen-bond acceptors (Lipinski definition) is 4. The van der Waals surface area contributed by atoms with Crippen LogP contribution in [0.3, 0.4) is 0 Å². The molecule has 0 unspecified atom stereocenters. The Morgan fingerprint density at radius 1 is 1.11 bits per heavy atom. The molecule has 0 spiro atoms. The number of amides is 1. The molecule has 0 saturated heterocycles. The molecule has 3 rings (SSSR count). The zero-order valence-electron chi connectivity index (χ0n) is 15.3. The molecule has 3 aromatic rings. The molecule has 0 fully saturated rings. The average Bonchev–Trinajstić information content (AvgIpc) is 2.63. The Morgan fingerprint density at radius 3 is 2.44 bits per heavy atom. The summed E-state index contributed by atoms with van der Waals surface area (Å²) in [6, 6.07) is 12.7. The van der Waals surface area contributed by atoms with Gasteiger partial charge in [-0.15, -0.1) is 0 Å². The third-order valence-corrected chi connectivity index (χ3v) is 5.12. The lowest BCUT2D eigenvalue weighted by molar-refractivity contribution is -0.115. The number of fused-ring (bicyclic) bond motifs is 1. The summed E-state index contributed by atoms with van der Waals surface area (Å²) in [5.41, 5.74) is 0.999. The molecule has 1 amide bonds. The quantitative estimate of drug-likeness (QED) is 0.527. The van der Waals surface area contributed by atoms with Crippen LogP contribution in [0.2, 0.25) is 0 Å². The molecule has 140 valence electrons. The van der Waals surface area contributed by atoms with Gasteiger partial charge < -0.3 is 5.32 Å². The molecule has 0 saturated carbocycles. The van der Waals surface area contributed by atoms with Crippen LogP contribution in [-0.2, 0) is 4.79 Å². The second kappa shape index (κ2) is 7.92. The van der Waals surface area contributed by atoms with E-state index in [-0.39, 0.29) is 23.3 Å². The van der Waals surface area contributed by atoms with Crippen molar-refractivity contribution in [3.8, 4) is 0 Å². The minimum absolute atomic E-state index is 0.0931. The van der Waals surface area contributed by atoms with Gasteiger partial charge in [0.05, 0.1) is 16.2 Å². The smallest absolute Gasteiger partial charge is 0.262 e. The van der Waals surface area contributed by atoms with E-state index in [0.29, 0.717) is 21.7 Å². The summed E-state index contributed by atoms with van der Waals surface area (Å²) < 4.78 is 14.6. The van der Waals surface area contributed by atoms with Gasteiger partial charge in [0, 0.05) is 11.7 Å². The molecule has 5 nitrogen and oxygen atoms in total. The molecular formula is C20H20FN3O2S. The fourth-order valence-corrected chi connectivity index (χ4v) is 3.69. The summed E-state index contributed by atoms with van der Waals surface area (Å²) in [6.07, 6.45) is 0. The topological polar surface area (TPSA) is 64.0 Å². The monoisotopic (exact) mass is 385 g/mol. The number of para-hydroxylation sites is 1. The number of anilines is 1. The largest absolute Gasteiger partial charge is 0.325 e. The van der Waals surface area contributed by atoms with E-state index in [4.69, 9.17) is 0 Å². The predicted molar refractivity (Wildman–Crippen MR) is 107 cm³/mol. The number of benzene rings is 2. The highest BCUT2D eigenvalue weighted by Gasteiger charge is 2.20. The standard InChI is InChI=1S/C20H20FN3O2S/c1-12(2)24-19(26)16-6-4-5-7-17(16)23-20(24)27-13(3)18(25)22-15-10-8-14(21)9-11-15/h4-13H,1-3H3,(H,22,25)/t13-/m0/s1. The maximum Gasteiger partial charge on any atom is 0.262 e. The van der Waals surface area contributed by atoms with Crippen molar-refractivity contribution in [2.24, 2.45) is 0 Å². The molecule has 0 aliphatic rings. The van der Waals surface area contributed by atoms with E-state index >= 15 is 0 Å². The van der Waals surface area contributed by atoms with Crippen LogP contribution >= 0.6 is 11.8 Å². The molecule has 2 aromatic carbocycles. The van der Waals surface area contributed by atoms with Crippen molar-refractivity contribution in [2.45, 2.75) is 37.2 Å². The van der Waals surface area contributed by atoms with Gasteiger partial charge in [0.15, 0.2) is 5.16 Å². The summed E-state index contributed by atoms with van der Waals surface area (Å²) in [4.78, 5) is 29.9. The maximum absolute atomic E-state index is 13.0. The van der Waals surface area contributed by atoms with Crippen molar-refractivity contribution in [3.05, 3.63) is 64.7 Å². The number of hydrogen-bond donors (Lipinski definition) is 1. The number of nitrogens with one attached hydrogen (secondary N) is 1. The normalized spacial score (nSPS) is 12.3. The van der Waals surface area contributed by atoms with Crippen LogP contribution < -0.4 is 10.9 Å². The average molecular weight is 385 g/mol. The van der Waals surface area contributed by atoms with Gasteiger partial charge >= 0.3 is 0 Å². The number of carbonyl (C=O) groups excluding carboxylic acids is 1. The van der Waals surface area contributed by atoms with Crippen molar-refractivity contribution in [1.82, 2.24) is 9.55 Å². The summed E-state index contributed by atoms with van der Waals surface area (Å²) in [6.45, 7) is 5.56. The second-order valence-electron chi connectivity index (χ2n) is 6.44. The Kier molecular flexibility index (Phi) is 5.60. The van der Waals surface area contributed by atoms with Crippen LogP contribution in [0.25, 0.3) is 10.9 Å². The summed E-state index contributed by atoms with van der Waals surface area (Å²) in [5.74, 6) is -0.610. The number of nitrogens with zero attached hydrogens (tertiary/aromatic N) is 2. The third-order valence-electron chi connectivity index (χ3n) is 4.06. The fourth-order valence-electron chi connectivity index (χ4n) is 2.65. The maximum atomic E-state index is 13.0. The Balaban J connectivity index is 1.88. The van der Waals surface area contributed by atoms with E-state index in [1.165, 1.54) is 36.0 Å². The SMILES string of the molecule is CC(C)n1c(S[C@@H](C)C(=O)Nc2ccc(F)cc2)nc2ccccc2c1=O. The van der Waals surface area contributed by atoms with Gasteiger partial charge in [0.25, 0.3) is 5.56 Å². The minimum atomic E-state index is -0.492. The first-order chi connectivity index (χ1) is 12.9. The van der Waals surface area contributed by atoms with Gasteiger partial charge in [-0.2, -0.15) is 0 Å². The van der Waals surface area contributed by atoms with E-state index < -0.39 is 5.25 Å². The number of halogens is 1. The highest BCUT2D eigenvalue weighted by molar-refractivity contribution is 8.00. The second-order valence-corrected chi connectivity index (χ2v) is 7.74. The van der Waals surface area contributed by atoms with E-state index in [0.717, 1.165) is 0 Å². The van der Waals surface area contributed by atoms with Gasteiger partial charge in [-0.05, 0) is 57.2 Å². The van der Waals surface area contributed by atoms with Gasteiger partial charge in [-0.1, -0.05) is 23.9 Å². The van der Waals surface area contributed by atoms with Crippen LogP contribution in [0, 0.1) is 5.82 Å². The Labute approximate surface area is 160 Å². The number of aromatic nitrogens is 2. The predicted octanol–water partition coefficient (Wildman–Crippen LogP) is 4.24. The van der Waals surface area contributed by atoms with Crippen molar-refractivity contribution >= 4 is 34.3 Å². The van der Waals surface area contributed by atoms with Crippen molar-refractivity contribution in [1.29, 1.82) is 0 Å². The molecule has 1 heterocycles. The Hall–Kier alpha value is -2.67. The van der Waals surface area contributed by atoms with Crippen molar-refractivity contribution < 1.29 is 9.18 Å². The highest BCUT2D eigenvalue weighted by atomic mass is 32.2. The molecule has 7 heteroatoms. The zero-order valence-corrected chi connectivity index (χ0v) is 16.1. The van der Waals surface area contributed by atoms with E-state index in [1.54, 1.807) is 23.6 Å². The molecule has 27 heavy (non-hydrogen) atoms. The van der Waals surface area contributed by atoms with Gasteiger partial charge in [-0.3, -0.25) is 14.2 Å². The van der Waals surface area contributed by atoms with Gasteiger partial charge in [0.2, 0.25) is 5.91 Å². The third kappa shape index (κ3) is 4.19. The molecular weight excluding hydrogens is 365 g/mol. The van der Waals surface area contributed by atoms with Crippen molar-refractivity contribution in [3.63, 3.8) is 0 Å². The zero-order chi connectivity index (χ0) is 19.6. The lowest BCUT2D eigenvalue weighted by atomic mass is 10.2. The molecule has 0 aliphatic heterocycles. The highest BCUT2D eigenvalue weighted by Crippen LogP contribution is 2.25. The number of carbonyl (C=O) groups is 1. The lowest BCUT2D eigenvalue weighted by Gasteiger charge is -2.18. The lowest BCUT2D eigenvalue weighted by Crippen LogP contribution is -2.28. The molecule has 1 atom stereocenters. The van der Waals surface area contributed by atoms with Crippen molar-refractivity contribution in [2.75, 3.05) is 5.32 Å². The molecule has 1 aromatic heterocycles. The summed E-state index contributed by atoms with van der Waals surface area (Å²) in [5, 5.41) is 3.31.